The van der Waals surface area contributed by atoms with E-state index in [4.69, 9.17) is 17.3 Å². The normalized spacial score (nSPS) is 19.1. The summed E-state index contributed by atoms with van der Waals surface area (Å²) in [4.78, 5) is 1.27. The van der Waals surface area contributed by atoms with Gasteiger partial charge in [0, 0.05) is 16.7 Å². The Labute approximate surface area is 106 Å². The van der Waals surface area contributed by atoms with Crippen LogP contribution in [0.25, 0.3) is 0 Å². The van der Waals surface area contributed by atoms with Crippen molar-refractivity contribution in [2.24, 2.45) is 5.73 Å². The number of aryl methyl sites for hydroxylation is 1. The van der Waals surface area contributed by atoms with E-state index in [0.717, 1.165) is 35.8 Å². The Hall–Kier alpha value is -0.380. The highest BCUT2D eigenvalue weighted by Gasteiger charge is 2.20. The van der Waals surface area contributed by atoms with Crippen molar-refractivity contribution in [3.05, 3.63) is 22.7 Å². The molecule has 0 fully saturated rings. The molecule has 0 saturated carbocycles. The first-order valence-corrected chi connectivity index (χ1v) is 6.96. The van der Waals surface area contributed by atoms with Crippen molar-refractivity contribution in [3.8, 4) is 0 Å². The molecule has 3 N–H and O–H groups in total. The molecule has 1 aliphatic heterocycles. The molecule has 4 heteroatoms. The molecule has 2 rings (SSSR count). The summed E-state index contributed by atoms with van der Waals surface area (Å²) in [7, 11) is 0. The molecule has 0 aromatic heterocycles. The van der Waals surface area contributed by atoms with Crippen LogP contribution in [0.1, 0.15) is 18.4 Å². The van der Waals surface area contributed by atoms with Gasteiger partial charge in [-0.2, -0.15) is 0 Å². The highest BCUT2D eigenvalue weighted by molar-refractivity contribution is 7.99. The van der Waals surface area contributed by atoms with E-state index < -0.39 is 0 Å². The summed E-state index contributed by atoms with van der Waals surface area (Å²) in [5, 5.41) is 4.35. The molecule has 1 heterocycles. The lowest BCUT2D eigenvalue weighted by molar-refractivity contribution is 0.664. The number of nitrogens with one attached hydrogen (secondary N) is 1. The summed E-state index contributed by atoms with van der Waals surface area (Å²) in [6, 6.07) is 4.71. The van der Waals surface area contributed by atoms with Gasteiger partial charge >= 0.3 is 0 Å². The SMILES string of the molecule is Cc1cc(Cl)c2c(c1)SCC(CCCN)N2. The van der Waals surface area contributed by atoms with Gasteiger partial charge in [0.2, 0.25) is 0 Å². The van der Waals surface area contributed by atoms with Gasteiger partial charge in [-0.25, -0.2) is 0 Å². The van der Waals surface area contributed by atoms with Crippen LogP contribution in [-0.2, 0) is 0 Å². The summed E-state index contributed by atoms with van der Waals surface area (Å²) in [6.45, 7) is 2.84. The van der Waals surface area contributed by atoms with Crippen LogP contribution in [0.3, 0.4) is 0 Å². The topological polar surface area (TPSA) is 38.0 Å². The van der Waals surface area contributed by atoms with E-state index in [2.05, 4.69) is 18.3 Å². The van der Waals surface area contributed by atoms with Crippen LogP contribution in [0.4, 0.5) is 5.69 Å². The lowest BCUT2D eigenvalue weighted by Gasteiger charge is -2.27. The van der Waals surface area contributed by atoms with Crippen molar-refractivity contribution in [2.45, 2.75) is 30.7 Å². The third kappa shape index (κ3) is 2.65. The summed E-state index contributed by atoms with van der Waals surface area (Å²) < 4.78 is 0. The molecular weight excluding hydrogens is 240 g/mol. The second-order valence-electron chi connectivity index (χ2n) is 4.20. The Bertz CT molecular complexity index is 382. The van der Waals surface area contributed by atoms with E-state index in [9.17, 15) is 0 Å². The van der Waals surface area contributed by atoms with Crippen molar-refractivity contribution < 1.29 is 0 Å². The highest BCUT2D eigenvalue weighted by Crippen LogP contribution is 2.39. The predicted molar refractivity (Wildman–Crippen MR) is 72.6 cm³/mol. The lowest BCUT2D eigenvalue weighted by atomic mass is 10.1. The lowest BCUT2D eigenvalue weighted by Crippen LogP contribution is -2.26. The minimum absolute atomic E-state index is 0.501. The maximum atomic E-state index is 6.25. The smallest absolute Gasteiger partial charge is 0.0670 e. The van der Waals surface area contributed by atoms with Crippen LogP contribution in [0.5, 0.6) is 0 Å². The monoisotopic (exact) mass is 256 g/mol. The minimum atomic E-state index is 0.501. The van der Waals surface area contributed by atoms with Gasteiger partial charge in [0.25, 0.3) is 0 Å². The zero-order valence-corrected chi connectivity index (χ0v) is 11.0. The maximum Gasteiger partial charge on any atom is 0.0670 e. The van der Waals surface area contributed by atoms with Crippen LogP contribution >= 0.6 is 23.4 Å². The molecule has 0 bridgehead atoms. The number of thioether (sulfide) groups is 1. The third-order valence-corrected chi connectivity index (χ3v) is 4.24. The van der Waals surface area contributed by atoms with Crippen molar-refractivity contribution >= 4 is 29.1 Å². The molecule has 0 saturated heterocycles. The molecule has 1 aromatic rings. The number of benzene rings is 1. The van der Waals surface area contributed by atoms with Crippen molar-refractivity contribution in [3.63, 3.8) is 0 Å². The van der Waals surface area contributed by atoms with E-state index in [1.54, 1.807) is 0 Å². The predicted octanol–water partition coefficient (Wildman–Crippen LogP) is 3.27. The Kier molecular flexibility index (Phi) is 4.00. The Morgan fingerprint density at radius 1 is 1.56 bits per heavy atom. The first kappa shape index (κ1) is 12.1. The fourth-order valence-corrected chi connectivity index (χ4v) is 3.52. The number of rotatable bonds is 3. The molecular formula is C12H17ClN2S. The summed E-state index contributed by atoms with van der Waals surface area (Å²) in [5.74, 6) is 1.10. The fraction of sp³-hybridized carbons (Fsp3) is 0.500. The van der Waals surface area contributed by atoms with Crippen LogP contribution in [0.15, 0.2) is 17.0 Å². The summed E-state index contributed by atoms with van der Waals surface area (Å²) >= 11 is 8.13. The third-order valence-electron chi connectivity index (χ3n) is 2.74. The van der Waals surface area contributed by atoms with Gasteiger partial charge in [0.1, 0.15) is 0 Å². The van der Waals surface area contributed by atoms with Crippen LogP contribution < -0.4 is 11.1 Å². The summed E-state index contributed by atoms with van der Waals surface area (Å²) in [6.07, 6.45) is 2.18. The van der Waals surface area contributed by atoms with Crippen molar-refractivity contribution in [1.82, 2.24) is 0 Å². The molecule has 1 atom stereocenters. The van der Waals surface area contributed by atoms with Crippen LogP contribution in [-0.4, -0.2) is 18.3 Å². The Morgan fingerprint density at radius 3 is 3.12 bits per heavy atom. The second kappa shape index (κ2) is 5.30. The van der Waals surface area contributed by atoms with E-state index in [1.807, 2.05) is 17.8 Å². The average molecular weight is 257 g/mol. The molecule has 1 aromatic carbocycles. The zero-order chi connectivity index (χ0) is 11.5. The Balaban J connectivity index is 2.14. The van der Waals surface area contributed by atoms with E-state index >= 15 is 0 Å². The standard InChI is InChI=1S/C12H17ClN2S/c1-8-5-10(13)12-11(6-8)16-7-9(15-12)3-2-4-14/h5-6,9,15H,2-4,7,14H2,1H3. The number of nitrogens with two attached hydrogens (primary N) is 1. The first-order valence-electron chi connectivity index (χ1n) is 5.60. The van der Waals surface area contributed by atoms with Gasteiger partial charge in [-0.3, -0.25) is 0 Å². The van der Waals surface area contributed by atoms with Crippen LogP contribution in [0.2, 0.25) is 5.02 Å². The molecule has 0 aliphatic carbocycles. The minimum Gasteiger partial charge on any atom is -0.379 e. The second-order valence-corrected chi connectivity index (χ2v) is 5.67. The summed E-state index contributed by atoms with van der Waals surface area (Å²) in [5.41, 5.74) is 7.85. The van der Waals surface area contributed by atoms with Crippen molar-refractivity contribution in [2.75, 3.05) is 17.6 Å². The number of hydrogen-bond donors (Lipinski definition) is 2. The van der Waals surface area contributed by atoms with Gasteiger partial charge in [0.15, 0.2) is 0 Å². The number of halogens is 1. The van der Waals surface area contributed by atoms with E-state index in [-0.39, 0.29) is 0 Å². The fourth-order valence-electron chi connectivity index (χ4n) is 1.92. The molecule has 1 unspecified atom stereocenters. The first-order chi connectivity index (χ1) is 7.70. The largest absolute Gasteiger partial charge is 0.379 e. The number of anilines is 1. The van der Waals surface area contributed by atoms with Crippen molar-refractivity contribution in [1.29, 1.82) is 0 Å². The molecule has 2 nitrogen and oxygen atoms in total. The molecule has 0 radical (unpaired) electrons. The van der Waals surface area contributed by atoms with E-state index in [0.29, 0.717) is 6.04 Å². The van der Waals surface area contributed by atoms with Gasteiger partial charge < -0.3 is 11.1 Å². The zero-order valence-electron chi connectivity index (χ0n) is 9.42. The highest BCUT2D eigenvalue weighted by atomic mass is 35.5. The molecule has 0 spiro atoms. The van der Waals surface area contributed by atoms with Crippen LogP contribution in [0, 0.1) is 6.92 Å². The van der Waals surface area contributed by atoms with E-state index in [1.165, 1.54) is 10.5 Å². The number of hydrogen-bond acceptors (Lipinski definition) is 3. The Morgan fingerprint density at radius 2 is 2.38 bits per heavy atom. The molecule has 1 aliphatic rings. The van der Waals surface area contributed by atoms with Gasteiger partial charge in [-0.15, -0.1) is 11.8 Å². The molecule has 0 amide bonds. The maximum absolute atomic E-state index is 6.25. The average Bonchev–Trinajstić information content (AvgIpc) is 2.26. The quantitative estimate of drug-likeness (QED) is 0.872. The molecule has 88 valence electrons. The van der Waals surface area contributed by atoms with Gasteiger partial charge in [-0.05, 0) is 44.0 Å². The molecule has 16 heavy (non-hydrogen) atoms. The number of fused-ring (bicyclic) bond motifs is 1. The van der Waals surface area contributed by atoms with Gasteiger partial charge in [0.05, 0.1) is 10.7 Å². The van der Waals surface area contributed by atoms with Gasteiger partial charge in [-0.1, -0.05) is 11.6 Å².